The van der Waals surface area contributed by atoms with E-state index in [-0.39, 0.29) is 17.0 Å². The highest BCUT2D eigenvalue weighted by atomic mass is 79.9. The number of likely N-dealkylation sites (tertiary alicyclic amines) is 1. The Bertz CT molecular complexity index is 450. The molecule has 0 spiro atoms. The molecule has 0 aromatic heterocycles. The standard InChI is InChI=1S/C21H35N2.BrH/c1-23(16-9-4-10-17-23)18-15-22(21-13-7-3-8-14-21)19-20-11-5-2-6-12-20;/h2,5-6,11-12,21H,3-4,7-10,13-19H2,1H3;1H/q+1;/p-1. The Hall–Kier alpha value is -0.380. The molecule has 1 saturated heterocycles. The molecule has 1 aromatic carbocycles. The van der Waals surface area contributed by atoms with Crippen molar-refractivity contribution in [1.29, 1.82) is 0 Å². The van der Waals surface area contributed by atoms with E-state index < -0.39 is 0 Å². The smallest absolute Gasteiger partial charge is 0.0914 e. The zero-order valence-corrected chi connectivity index (χ0v) is 17.0. The zero-order valence-electron chi connectivity index (χ0n) is 15.4. The van der Waals surface area contributed by atoms with Crippen molar-refractivity contribution in [3.05, 3.63) is 35.9 Å². The predicted molar refractivity (Wildman–Crippen MR) is 98.4 cm³/mol. The quantitative estimate of drug-likeness (QED) is 0.660. The van der Waals surface area contributed by atoms with Crippen LogP contribution >= 0.6 is 0 Å². The Morgan fingerprint density at radius 3 is 2.21 bits per heavy atom. The summed E-state index contributed by atoms with van der Waals surface area (Å²) < 4.78 is 1.30. The van der Waals surface area contributed by atoms with Crippen molar-refractivity contribution in [1.82, 2.24) is 4.90 Å². The highest BCUT2D eigenvalue weighted by molar-refractivity contribution is 5.14. The maximum absolute atomic E-state index is 2.81. The molecule has 0 atom stereocenters. The normalized spacial score (nSPS) is 21.4. The first kappa shape index (κ1) is 19.9. The summed E-state index contributed by atoms with van der Waals surface area (Å²) in [6.07, 6.45) is 11.4. The lowest BCUT2D eigenvalue weighted by Gasteiger charge is -2.41. The Balaban J connectivity index is 0.00000208. The third-order valence-corrected chi connectivity index (χ3v) is 6.14. The highest BCUT2D eigenvalue weighted by Gasteiger charge is 2.28. The van der Waals surface area contributed by atoms with Crippen molar-refractivity contribution < 1.29 is 21.5 Å². The zero-order chi connectivity index (χ0) is 16.0. The van der Waals surface area contributed by atoms with Gasteiger partial charge in [0.2, 0.25) is 0 Å². The number of rotatable bonds is 6. The first-order valence-electron chi connectivity index (χ1n) is 9.87. The van der Waals surface area contributed by atoms with Gasteiger partial charge in [-0.3, -0.25) is 4.90 Å². The van der Waals surface area contributed by atoms with Gasteiger partial charge in [-0.2, -0.15) is 0 Å². The first-order valence-corrected chi connectivity index (χ1v) is 9.87. The minimum Gasteiger partial charge on any atom is -1.00 e. The van der Waals surface area contributed by atoms with Crippen LogP contribution in [0.4, 0.5) is 0 Å². The average Bonchev–Trinajstić information content (AvgIpc) is 2.61. The van der Waals surface area contributed by atoms with Crippen molar-refractivity contribution in [2.45, 2.75) is 64.0 Å². The topological polar surface area (TPSA) is 3.24 Å². The Labute approximate surface area is 159 Å². The average molecular weight is 395 g/mol. The van der Waals surface area contributed by atoms with E-state index in [1.54, 1.807) is 0 Å². The Morgan fingerprint density at radius 2 is 1.54 bits per heavy atom. The molecule has 1 aliphatic heterocycles. The molecule has 0 bridgehead atoms. The highest BCUT2D eigenvalue weighted by Crippen LogP contribution is 2.25. The molecular formula is C21H35BrN2. The molecule has 0 radical (unpaired) electrons. The van der Waals surface area contributed by atoms with Crippen LogP contribution in [0.3, 0.4) is 0 Å². The molecular weight excluding hydrogens is 360 g/mol. The number of halogens is 1. The summed E-state index contributed by atoms with van der Waals surface area (Å²) in [7, 11) is 2.49. The number of hydrogen-bond donors (Lipinski definition) is 0. The van der Waals surface area contributed by atoms with Crippen molar-refractivity contribution >= 4 is 0 Å². The molecule has 1 aliphatic carbocycles. The van der Waals surface area contributed by atoms with Gasteiger partial charge in [0.05, 0.1) is 26.7 Å². The number of piperidine rings is 1. The monoisotopic (exact) mass is 394 g/mol. The van der Waals surface area contributed by atoms with E-state index in [0.717, 1.165) is 12.6 Å². The van der Waals surface area contributed by atoms with Crippen LogP contribution in [0.2, 0.25) is 0 Å². The molecule has 0 amide bonds. The van der Waals surface area contributed by atoms with Crippen molar-refractivity contribution in [3.63, 3.8) is 0 Å². The molecule has 3 rings (SSSR count). The second kappa shape index (κ2) is 9.94. The van der Waals surface area contributed by atoms with Crippen LogP contribution in [0.5, 0.6) is 0 Å². The Morgan fingerprint density at radius 1 is 0.917 bits per heavy atom. The number of likely N-dealkylation sites (N-methyl/N-ethyl adjacent to an activating group) is 1. The molecule has 2 nitrogen and oxygen atoms in total. The summed E-state index contributed by atoms with van der Waals surface area (Å²) in [5.74, 6) is 0. The lowest BCUT2D eigenvalue weighted by molar-refractivity contribution is -0.913. The van der Waals surface area contributed by atoms with Crippen LogP contribution in [0.1, 0.15) is 56.9 Å². The minimum absolute atomic E-state index is 0. The van der Waals surface area contributed by atoms with Crippen LogP contribution in [0, 0.1) is 0 Å². The third kappa shape index (κ3) is 5.86. The predicted octanol–water partition coefficient (Wildman–Crippen LogP) is 1.46. The molecule has 1 saturated carbocycles. The first-order chi connectivity index (χ1) is 11.3. The van der Waals surface area contributed by atoms with Crippen LogP contribution in [-0.2, 0) is 6.54 Å². The molecule has 1 heterocycles. The van der Waals surface area contributed by atoms with Gasteiger partial charge in [0.1, 0.15) is 0 Å². The molecule has 2 aliphatic rings. The fourth-order valence-electron chi connectivity index (χ4n) is 4.52. The van der Waals surface area contributed by atoms with Crippen molar-refractivity contribution in [2.75, 3.05) is 33.2 Å². The van der Waals surface area contributed by atoms with Gasteiger partial charge in [-0.15, -0.1) is 0 Å². The SMILES string of the molecule is C[N+]1(CCN(Cc2ccccc2)C2CCCCC2)CCCCC1.[Br-]. The van der Waals surface area contributed by atoms with Crippen LogP contribution in [-0.4, -0.2) is 48.7 Å². The summed E-state index contributed by atoms with van der Waals surface area (Å²) in [5, 5.41) is 0. The molecule has 136 valence electrons. The summed E-state index contributed by atoms with van der Waals surface area (Å²) in [4.78, 5) is 2.81. The number of nitrogens with zero attached hydrogens (tertiary/aromatic N) is 2. The summed E-state index contributed by atoms with van der Waals surface area (Å²) in [6.45, 7) is 6.54. The summed E-state index contributed by atoms with van der Waals surface area (Å²) in [6, 6.07) is 11.9. The molecule has 0 unspecified atom stereocenters. The van der Waals surface area contributed by atoms with Gasteiger partial charge in [-0.1, -0.05) is 49.6 Å². The number of benzene rings is 1. The second-order valence-electron chi connectivity index (χ2n) is 8.10. The lowest BCUT2D eigenvalue weighted by atomic mass is 9.93. The molecule has 0 N–H and O–H groups in total. The van der Waals surface area contributed by atoms with Gasteiger partial charge in [-0.05, 0) is 37.7 Å². The van der Waals surface area contributed by atoms with Gasteiger partial charge in [0.15, 0.2) is 0 Å². The van der Waals surface area contributed by atoms with Gasteiger partial charge < -0.3 is 21.5 Å². The van der Waals surface area contributed by atoms with E-state index in [2.05, 4.69) is 42.3 Å². The van der Waals surface area contributed by atoms with Crippen molar-refractivity contribution in [2.24, 2.45) is 0 Å². The minimum atomic E-state index is 0. The van der Waals surface area contributed by atoms with E-state index in [4.69, 9.17) is 0 Å². The van der Waals surface area contributed by atoms with E-state index in [0.29, 0.717) is 0 Å². The van der Waals surface area contributed by atoms with Gasteiger partial charge >= 0.3 is 0 Å². The summed E-state index contributed by atoms with van der Waals surface area (Å²) in [5.41, 5.74) is 1.49. The maximum atomic E-state index is 2.81. The molecule has 1 aromatic rings. The summed E-state index contributed by atoms with van der Waals surface area (Å²) >= 11 is 0. The van der Waals surface area contributed by atoms with Gasteiger partial charge in [0, 0.05) is 19.1 Å². The van der Waals surface area contributed by atoms with E-state index in [1.807, 2.05) is 0 Å². The third-order valence-electron chi connectivity index (χ3n) is 6.14. The fraction of sp³-hybridized carbons (Fsp3) is 0.714. The lowest BCUT2D eigenvalue weighted by Crippen LogP contribution is -3.00. The van der Waals surface area contributed by atoms with Crippen LogP contribution in [0.15, 0.2) is 30.3 Å². The van der Waals surface area contributed by atoms with E-state index >= 15 is 0 Å². The number of hydrogen-bond acceptors (Lipinski definition) is 1. The second-order valence-corrected chi connectivity index (χ2v) is 8.10. The van der Waals surface area contributed by atoms with Crippen LogP contribution in [0.25, 0.3) is 0 Å². The van der Waals surface area contributed by atoms with Crippen LogP contribution < -0.4 is 17.0 Å². The largest absolute Gasteiger partial charge is 1.00 e. The molecule has 3 heteroatoms. The fourth-order valence-corrected chi connectivity index (χ4v) is 4.52. The number of quaternary nitrogens is 1. The molecule has 2 fully saturated rings. The van der Waals surface area contributed by atoms with Gasteiger partial charge in [-0.25, -0.2) is 0 Å². The Kier molecular flexibility index (Phi) is 8.25. The van der Waals surface area contributed by atoms with Gasteiger partial charge in [0.25, 0.3) is 0 Å². The van der Waals surface area contributed by atoms with Crippen molar-refractivity contribution in [3.8, 4) is 0 Å². The molecule has 24 heavy (non-hydrogen) atoms. The van der Waals surface area contributed by atoms with E-state index in [1.165, 1.54) is 87.6 Å². The van der Waals surface area contributed by atoms with E-state index in [9.17, 15) is 0 Å². The maximum Gasteiger partial charge on any atom is 0.0914 e.